The summed E-state index contributed by atoms with van der Waals surface area (Å²) in [6.07, 6.45) is 5.80. The van der Waals surface area contributed by atoms with Crippen LogP contribution in [0.25, 0.3) is 0 Å². The first-order valence-electron chi connectivity index (χ1n) is 7.86. The number of para-hydroxylation sites is 2. The predicted molar refractivity (Wildman–Crippen MR) is 88.8 cm³/mol. The van der Waals surface area contributed by atoms with E-state index in [1.165, 1.54) is 30.6 Å². The van der Waals surface area contributed by atoms with Gasteiger partial charge in [-0.05, 0) is 50.5 Å². The maximum atomic E-state index is 4.44. The largest absolute Gasteiger partial charge is 0.375 e. The molecule has 0 radical (unpaired) electrons. The van der Waals surface area contributed by atoms with Gasteiger partial charge in [-0.3, -0.25) is 4.98 Å². The number of aromatic nitrogens is 1. The fourth-order valence-electron chi connectivity index (χ4n) is 2.95. The van der Waals surface area contributed by atoms with E-state index in [1.54, 1.807) is 0 Å². The van der Waals surface area contributed by atoms with E-state index in [4.69, 9.17) is 0 Å². The lowest BCUT2D eigenvalue weighted by molar-refractivity contribution is 0.578. The zero-order valence-corrected chi connectivity index (χ0v) is 12.6. The zero-order chi connectivity index (χ0) is 14.5. The van der Waals surface area contributed by atoms with Crippen molar-refractivity contribution in [1.82, 2.24) is 4.98 Å². The molecule has 1 unspecified atom stereocenters. The Hall–Kier alpha value is -2.03. The summed E-state index contributed by atoms with van der Waals surface area (Å²) in [6, 6.07) is 14.9. The Labute approximate surface area is 127 Å². The summed E-state index contributed by atoms with van der Waals surface area (Å²) in [5.74, 6) is 0. The lowest BCUT2D eigenvalue weighted by atomic mass is 10.1. The highest BCUT2D eigenvalue weighted by atomic mass is 15.2. The van der Waals surface area contributed by atoms with E-state index in [2.05, 4.69) is 52.5 Å². The quantitative estimate of drug-likeness (QED) is 0.908. The number of benzene rings is 1. The number of rotatable bonds is 4. The van der Waals surface area contributed by atoms with Crippen LogP contribution >= 0.6 is 0 Å². The predicted octanol–water partition coefficient (Wildman–Crippen LogP) is 4.25. The fraction of sp³-hybridized carbons (Fsp3) is 0.389. The standard InChI is InChI=1S/C18H23N3/c1-15(16-9-5-6-12-19-16)20-17-10-3-4-11-18(17)21-13-7-2-8-14-21/h3-6,9-12,15,20H,2,7-8,13-14H2,1H3. The van der Waals surface area contributed by atoms with E-state index in [-0.39, 0.29) is 6.04 Å². The molecule has 1 aromatic carbocycles. The Kier molecular flexibility index (Phi) is 4.39. The first-order chi connectivity index (χ1) is 10.3. The van der Waals surface area contributed by atoms with Gasteiger partial charge < -0.3 is 10.2 Å². The van der Waals surface area contributed by atoms with Crippen LogP contribution in [-0.4, -0.2) is 18.1 Å². The highest BCUT2D eigenvalue weighted by Crippen LogP contribution is 2.30. The number of piperidine rings is 1. The molecule has 2 heterocycles. The Balaban J connectivity index is 1.79. The van der Waals surface area contributed by atoms with Gasteiger partial charge >= 0.3 is 0 Å². The van der Waals surface area contributed by atoms with Gasteiger partial charge in [-0.1, -0.05) is 18.2 Å². The van der Waals surface area contributed by atoms with Crippen LogP contribution in [0, 0.1) is 0 Å². The van der Waals surface area contributed by atoms with Gasteiger partial charge in [0, 0.05) is 19.3 Å². The lowest BCUT2D eigenvalue weighted by Crippen LogP contribution is -2.30. The topological polar surface area (TPSA) is 28.2 Å². The zero-order valence-electron chi connectivity index (χ0n) is 12.6. The molecule has 3 heteroatoms. The molecule has 1 aromatic heterocycles. The lowest BCUT2D eigenvalue weighted by Gasteiger charge is -2.31. The molecule has 3 nitrogen and oxygen atoms in total. The summed E-state index contributed by atoms with van der Waals surface area (Å²) in [6.45, 7) is 4.49. The molecule has 1 N–H and O–H groups in total. The van der Waals surface area contributed by atoms with Crippen molar-refractivity contribution in [2.24, 2.45) is 0 Å². The second-order valence-electron chi connectivity index (χ2n) is 5.69. The van der Waals surface area contributed by atoms with Crippen LogP contribution in [0.4, 0.5) is 11.4 Å². The van der Waals surface area contributed by atoms with Gasteiger partial charge in [-0.2, -0.15) is 0 Å². The highest BCUT2D eigenvalue weighted by Gasteiger charge is 2.15. The molecule has 1 aliphatic rings. The van der Waals surface area contributed by atoms with E-state index in [0.29, 0.717) is 0 Å². The maximum Gasteiger partial charge on any atom is 0.0657 e. The van der Waals surface area contributed by atoms with Crippen molar-refractivity contribution in [3.05, 3.63) is 54.4 Å². The average molecular weight is 281 g/mol. The van der Waals surface area contributed by atoms with Crippen molar-refractivity contribution < 1.29 is 0 Å². The second kappa shape index (κ2) is 6.61. The van der Waals surface area contributed by atoms with Crippen molar-refractivity contribution in [3.63, 3.8) is 0 Å². The molecule has 0 spiro atoms. The molecule has 21 heavy (non-hydrogen) atoms. The summed E-state index contributed by atoms with van der Waals surface area (Å²) in [7, 11) is 0. The molecule has 0 bridgehead atoms. The summed E-state index contributed by atoms with van der Waals surface area (Å²) >= 11 is 0. The minimum Gasteiger partial charge on any atom is -0.375 e. The van der Waals surface area contributed by atoms with E-state index in [1.807, 2.05) is 18.3 Å². The van der Waals surface area contributed by atoms with Crippen LogP contribution in [0.5, 0.6) is 0 Å². The number of hydrogen-bond donors (Lipinski definition) is 1. The third-order valence-corrected chi connectivity index (χ3v) is 4.10. The molecule has 0 amide bonds. The van der Waals surface area contributed by atoms with Crippen molar-refractivity contribution in [3.8, 4) is 0 Å². The number of pyridine rings is 1. The van der Waals surface area contributed by atoms with Crippen LogP contribution < -0.4 is 10.2 Å². The summed E-state index contributed by atoms with van der Waals surface area (Å²) in [4.78, 5) is 6.94. The van der Waals surface area contributed by atoms with Crippen molar-refractivity contribution in [2.75, 3.05) is 23.3 Å². The molecule has 2 aromatic rings. The van der Waals surface area contributed by atoms with Crippen LogP contribution in [-0.2, 0) is 0 Å². The van der Waals surface area contributed by atoms with Gasteiger partial charge in [0.1, 0.15) is 0 Å². The third-order valence-electron chi connectivity index (χ3n) is 4.10. The van der Waals surface area contributed by atoms with Gasteiger partial charge in [0.05, 0.1) is 23.1 Å². The first-order valence-corrected chi connectivity index (χ1v) is 7.86. The highest BCUT2D eigenvalue weighted by molar-refractivity contribution is 5.70. The number of hydrogen-bond acceptors (Lipinski definition) is 3. The summed E-state index contributed by atoms with van der Waals surface area (Å²) in [5, 5.41) is 3.62. The molecule has 1 aliphatic heterocycles. The van der Waals surface area contributed by atoms with Crippen LogP contribution in [0.1, 0.15) is 37.9 Å². The molecule has 110 valence electrons. The maximum absolute atomic E-state index is 4.44. The number of nitrogens with one attached hydrogen (secondary N) is 1. The van der Waals surface area contributed by atoms with E-state index in [9.17, 15) is 0 Å². The Morgan fingerprint density at radius 1 is 1.00 bits per heavy atom. The Morgan fingerprint density at radius 2 is 1.76 bits per heavy atom. The Bertz CT molecular complexity index is 562. The molecule has 1 atom stereocenters. The molecule has 0 aliphatic carbocycles. The van der Waals surface area contributed by atoms with E-state index in [0.717, 1.165) is 18.8 Å². The van der Waals surface area contributed by atoms with Gasteiger partial charge in [-0.25, -0.2) is 0 Å². The molecular formula is C18H23N3. The minimum atomic E-state index is 0.206. The van der Waals surface area contributed by atoms with Gasteiger partial charge in [-0.15, -0.1) is 0 Å². The van der Waals surface area contributed by atoms with Gasteiger partial charge in [0.15, 0.2) is 0 Å². The molecular weight excluding hydrogens is 258 g/mol. The van der Waals surface area contributed by atoms with Crippen molar-refractivity contribution in [2.45, 2.75) is 32.2 Å². The smallest absolute Gasteiger partial charge is 0.0657 e. The second-order valence-corrected chi connectivity index (χ2v) is 5.69. The van der Waals surface area contributed by atoms with Crippen molar-refractivity contribution in [1.29, 1.82) is 0 Å². The Morgan fingerprint density at radius 3 is 2.52 bits per heavy atom. The number of anilines is 2. The monoisotopic (exact) mass is 281 g/mol. The molecule has 3 rings (SSSR count). The van der Waals surface area contributed by atoms with Gasteiger partial charge in [0.2, 0.25) is 0 Å². The van der Waals surface area contributed by atoms with Gasteiger partial charge in [0.25, 0.3) is 0 Å². The van der Waals surface area contributed by atoms with E-state index >= 15 is 0 Å². The summed E-state index contributed by atoms with van der Waals surface area (Å²) in [5.41, 5.74) is 3.60. The van der Waals surface area contributed by atoms with E-state index < -0.39 is 0 Å². The third kappa shape index (κ3) is 3.35. The average Bonchev–Trinajstić information content (AvgIpc) is 2.57. The van der Waals surface area contributed by atoms with Crippen LogP contribution in [0.3, 0.4) is 0 Å². The SMILES string of the molecule is CC(Nc1ccccc1N1CCCCC1)c1ccccn1. The van der Waals surface area contributed by atoms with Crippen LogP contribution in [0.15, 0.2) is 48.7 Å². The molecule has 1 fully saturated rings. The number of nitrogens with zero attached hydrogens (tertiary/aromatic N) is 2. The molecule has 0 saturated carbocycles. The fourth-order valence-corrected chi connectivity index (χ4v) is 2.95. The van der Waals surface area contributed by atoms with Crippen molar-refractivity contribution >= 4 is 11.4 Å². The normalized spacial score (nSPS) is 16.5. The molecule has 1 saturated heterocycles. The van der Waals surface area contributed by atoms with Crippen LogP contribution in [0.2, 0.25) is 0 Å². The summed E-state index contributed by atoms with van der Waals surface area (Å²) < 4.78 is 0. The minimum absolute atomic E-state index is 0.206. The first kappa shape index (κ1) is 13.9.